The molecule has 0 saturated heterocycles. The van der Waals surface area contributed by atoms with Crippen LogP contribution in [0.25, 0.3) is 0 Å². The first-order valence-electron chi connectivity index (χ1n) is 8.19. The molecule has 0 radical (unpaired) electrons. The van der Waals surface area contributed by atoms with Crippen LogP contribution in [0.4, 0.5) is 5.69 Å². The quantitative estimate of drug-likeness (QED) is 0.426. The summed E-state index contributed by atoms with van der Waals surface area (Å²) >= 11 is 9.35. The fourth-order valence-corrected chi connectivity index (χ4v) is 3.98. The molecule has 0 spiro atoms. The van der Waals surface area contributed by atoms with Gasteiger partial charge < -0.3 is 5.11 Å². The van der Waals surface area contributed by atoms with Crippen LogP contribution in [0, 0.1) is 0 Å². The van der Waals surface area contributed by atoms with Crippen LogP contribution in [0.5, 0.6) is 0 Å². The highest BCUT2D eigenvalue weighted by molar-refractivity contribution is 9.10. The van der Waals surface area contributed by atoms with Gasteiger partial charge in [0.05, 0.1) is 17.1 Å². The van der Waals surface area contributed by atoms with Gasteiger partial charge in [0.2, 0.25) is 0 Å². The summed E-state index contributed by atoms with van der Waals surface area (Å²) in [6.07, 6.45) is 0. The van der Waals surface area contributed by atoms with Gasteiger partial charge in [-0.25, -0.2) is 8.42 Å². The molecule has 0 aromatic heterocycles. The van der Waals surface area contributed by atoms with E-state index >= 15 is 0 Å². The molecule has 0 atom stereocenters. The van der Waals surface area contributed by atoms with Gasteiger partial charge in [0.1, 0.15) is 0 Å². The van der Waals surface area contributed by atoms with E-state index in [1.165, 1.54) is 24.3 Å². The van der Waals surface area contributed by atoms with Crippen molar-refractivity contribution in [3.05, 3.63) is 93.4 Å². The molecule has 3 aromatic carbocycles. The molecule has 0 fully saturated rings. The zero-order chi connectivity index (χ0) is 20.1. The van der Waals surface area contributed by atoms with Crippen LogP contribution in [0.2, 0.25) is 5.02 Å². The summed E-state index contributed by atoms with van der Waals surface area (Å²) < 4.78 is 28.5. The first kappa shape index (κ1) is 20.4. The predicted molar refractivity (Wildman–Crippen MR) is 113 cm³/mol. The molecule has 3 rings (SSSR count). The van der Waals surface area contributed by atoms with E-state index in [4.69, 9.17) is 11.6 Å². The Labute approximate surface area is 176 Å². The summed E-state index contributed by atoms with van der Waals surface area (Å²) in [5.41, 5.74) is 1.04. The van der Waals surface area contributed by atoms with E-state index in [1.807, 2.05) is 6.07 Å². The molecule has 0 aliphatic heterocycles. The number of nitrogens with one attached hydrogen (secondary N) is 1. The van der Waals surface area contributed by atoms with E-state index in [2.05, 4.69) is 25.6 Å². The van der Waals surface area contributed by atoms with Gasteiger partial charge in [-0.1, -0.05) is 63.9 Å². The maximum absolute atomic E-state index is 12.6. The molecule has 28 heavy (non-hydrogen) atoms. The van der Waals surface area contributed by atoms with Crippen molar-refractivity contribution in [3.63, 3.8) is 0 Å². The minimum Gasteiger partial charge on any atom is -0.858 e. The van der Waals surface area contributed by atoms with Crippen LogP contribution in [-0.4, -0.2) is 14.3 Å². The van der Waals surface area contributed by atoms with Crippen molar-refractivity contribution in [1.29, 1.82) is 0 Å². The fraction of sp³-hybridized carbons (Fsp3) is 0.0500. The van der Waals surface area contributed by atoms with Crippen LogP contribution in [0.1, 0.15) is 11.1 Å². The Morgan fingerprint density at radius 2 is 1.64 bits per heavy atom. The number of hydrogen-bond acceptors (Lipinski definition) is 4. The summed E-state index contributed by atoms with van der Waals surface area (Å²) in [6.45, 7) is 0.103. The number of hydrogen-bond donors (Lipinski definition) is 1. The first-order chi connectivity index (χ1) is 13.4. The molecule has 144 valence electrons. The van der Waals surface area contributed by atoms with Crippen molar-refractivity contribution in [2.45, 2.75) is 11.4 Å². The largest absolute Gasteiger partial charge is 0.858 e. The van der Waals surface area contributed by atoms with Crippen molar-refractivity contribution in [1.82, 2.24) is 0 Å². The molecule has 8 heteroatoms. The number of rotatable bonds is 6. The summed E-state index contributed by atoms with van der Waals surface area (Å²) in [4.78, 5) is 4.12. The molecule has 0 bridgehead atoms. The Morgan fingerprint density at radius 1 is 1.00 bits per heavy atom. The lowest BCUT2D eigenvalue weighted by Crippen LogP contribution is -2.22. The Balaban J connectivity index is 1.87. The van der Waals surface area contributed by atoms with Crippen LogP contribution in [0.15, 0.2) is 87.2 Å². The van der Waals surface area contributed by atoms with Gasteiger partial charge >= 0.3 is 0 Å². The standard InChI is InChI=1S/C20H16BrClN2O3S/c21-15-9-11-16(12-10-15)28(26,27)24-19-8-4-2-6-17(19)20(25)23-13-14-5-1-3-7-18(14)22/h1-12,24H,13H2,(H,23,25)/p-1. The third-order valence-electron chi connectivity index (χ3n) is 3.88. The maximum Gasteiger partial charge on any atom is 0.261 e. The Morgan fingerprint density at radius 3 is 2.36 bits per heavy atom. The number of aliphatic imine (C=N–C) groups is 1. The monoisotopic (exact) mass is 477 g/mol. The third kappa shape index (κ3) is 4.92. The van der Waals surface area contributed by atoms with E-state index in [0.29, 0.717) is 10.6 Å². The average Bonchev–Trinajstić information content (AvgIpc) is 2.67. The number of halogens is 2. The smallest absolute Gasteiger partial charge is 0.261 e. The number of anilines is 1. The van der Waals surface area contributed by atoms with Gasteiger partial charge in [-0.3, -0.25) is 9.71 Å². The van der Waals surface area contributed by atoms with E-state index in [1.54, 1.807) is 42.5 Å². The van der Waals surface area contributed by atoms with Crippen LogP contribution in [-0.2, 0) is 16.6 Å². The highest BCUT2D eigenvalue weighted by Gasteiger charge is 2.15. The molecule has 0 amide bonds. The maximum atomic E-state index is 12.6. The van der Waals surface area contributed by atoms with E-state index in [-0.39, 0.29) is 22.7 Å². The number of benzene rings is 3. The second-order valence-corrected chi connectivity index (χ2v) is 8.82. The summed E-state index contributed by atoms with van der Waals surface area (Å²) in [6, 6.07) is 19.6. The second kappa shape index (κ2) is 8.77. The zero-order valence-corrected chi connectivity index (χ0v) is 17.6. The van der Waals surface area contributed by atoms with E-state index in [0.717, 1.165) is 4.47 Å². The van der Waals surface area contributed by atoms with Crippen molar-refractivity contribution in [2.24, 2.45) is 4.99 Å². The Hall–Kier alpha value is -2.35. The van der Waals surface area contributed by atoms with Crippen LogP contribution >= 0.6 is 27.5 Å². The molecule has 0 aliphatic carbocycles. The zero-order valence-electron chi connectivity index (χ0n) is 14.5. The molecule has 0 unspecified atom stereocenters. The number of nitrogens with zero attached hydrogens (tertiary/aromatic N) is 1. The van der Waals surface area contributed by atoms with Crippen molar-refractivity contribution in [2.75, 3.05) is 4.72 Å². The van der Waals surface area contributed by atoms with Crippen molar-refractivity contribution in [3.8, 4) is 0 Å². The topological polar surface area (TPSA) is 81.6 Å². The first-order valence-corrected chi connectivity index (χ1v) is 10.8. The summed E-state index contributed by atoms with van der Waals surface area (Å²) in [5, 5.41) is 13.1. The molecule has 0 aliphatic rings. The van der Waals surface area contributed by atoms with Gasteiger partial charge in [0.25, 0.3) is 10.0 Å². The predicted octanol–water partition coefficient (Wildman–Crippen LogP) is 4.21. The summed E-state index contributed by atoms with van der Waals surface area (Å²) in [7, 11) is -3.85. The summed E-state index contributed by atoms with van der Waals surface area (Å²) in [5.74, 6) is -0.533. The van der Waals surface area contributed by atoms with E-state index in [9.17, 15) is 13.5 Å². The third-order valence-corrected chi connectivity index (χ3v) is 6.16. The minimum atomic E-state index is -3.85. The average molecular weight is 479 g/mol. The van der Waals surface area contributed by atoms with Crippen molar-refractivity contribution >= 4 is 49.1 Å². The normalized spacial score (nSPS) is 12.0. The molecule has 1 N–H and O–H groups in total. The number of para-hydroxylation sites is 1. The second-order valence-electron chi connectivity index (χ2n) is 5.82. The highest BCUT2D eigenvalue weighted by Crippen LogP contribution is 2.22. The molecule has 5 nitrogen and oxygen atoms in total. The number of sulfonamides is 1. The fourth-order valence-electron chi connectivity index (χ4n) is 2.44. The van der Waals surface area contributed by atoms with Crippen LogP contribution in [0.3, 0.4) is 0 Å². The Bertz CT molecular complexity index is 1120. The van der Waals surface area contributed by atoms with Gasteiger partial charge in [-0.15, -0.1) is 0 Å². The molecular weight excluding hydrogens is 464 g/mol. The molecule has 0 saturated carbocycles. The van der Waals surface area contributed by atoms with Crippen LogP contribution < -0.4 is 9.83 Å². The molecule has 3 aromatic rings. The molecular formula is C20H15BrClN2O3S-. The van der Waals surface area contributed by atoms with Gasteiger partial charge in [0, 0.05) is 15.1 Å². The lowest BCUT2D eigenvalue weighted by Gasteiger charge is -2.17. The van der Waals surface area contributed by atoms with Gasteiger partial charge in [-0.05, 0) is 47.9 Å². The lowest BCUT2D eigenvalue weighted by molar-refractivity contribution is -0.213. The van der Waals surface area contributed by atoms with Crippen molar-refractivity contribution < 1.29 is 13.5 Å². The van der Waals surface area contributed by atoms with Gasteiger partial charge in [0.15, 0.2) is 0 Å². The Kier molecular flexibility index (Phi) is 6.39. The lowest BCUT2D eigenvalue weighted by atomic mass is 10.2. The van der Waals surface area contributed by atoms with E-state index < -0.39 is 15.9 Å². The SMILES string of the molecule is O=S(=O)(Nc1ccccc1C([O-])=NCc1ccccc1Cl)c1ccc(Br)cc1. The molecule has 0 heterocycles. The van der Waals surface area contributed by atoms with Gasteiger partial charge in [-0.2, -0.15) is 0 Å². The minimum absolute atomic E-state index is 0.0889. The highest BCUT2D eigenvalue weighted by atomic mass is 79.9.